The summed E-state index contributed by atoms with van der Waals surface area (Å²) in [6, 6.07) is 9.70. The van der Waals surface area contributed by atoms with Crippen LogP contribution in [0.15, 0.2) is 36.4 Å². The number of hydrogen-bond donors (Lipinski definition) is 2. The quantitative estimate of drug-likeness (QED) is 0.509. The summed E-state index contributed by atoms with van der Waals surface area (Å²) in [5.74, 6) is -0.384. The van der Waals surface area contributed by atoms with E-state index in [0.29, 0.717) is 15.7 Å². The number of non-ortho nitro benzene ring substituents is 1. The van der Waals surface area contributed by atoms with E-state index in [2.05, 4.69) is 10.6 Å². The topological polar surface area (TPSA) is 84.3 Å². The molecule has 6 nitrogen and oxygen atoms in total. The van der Waals surface area contributed by atoms with Gasteiger partial charge in [0, 0.05) is 30.4 Å². The summed E-state index contributed by atoms with van der Waals surface area (Å²) in [6.07, 6.45) is 4.34. The van der Waals surface area contributed by atoms with E-state index in [1.807, 2.05) is 0 Å². The predicted octanol–water partition coefficient (Wildman–Crippen LogP) is 5.19. The van der Waals surface area contributed by atoms with Crippen LogP contribution in [0.5, 0.6) is 0 Å². The Morgan fingerprint density at radius 2 is 1.85 bits per heavy atom. The van der Waals surface area contributed by atoms with Crippen molar-refractivity contribution in [2.45, 2.75) is 38.3 Å². The molecular weight excluding hydrogens is 389 g/mol. The van der Waals surface area contributed by atoms with E-state index < -0.39 is 4.92 Å². The van der Waals surface area contributed by atoms with Crippen molar-refractivity contribution in [1.82, 2.24) is 5.32 Å². The molecule has 2 aromatic rings. The number of nitro groups is 1. The molecule has 0 bridgehead atoms. The Hall–Kier alpha value is -2.31. The van der Waals surface area contributed by atoms with Crippen LogP contribution < -0.4 is 10.6 Å². The summed E-state index contributed by atoms with van der Waals surface area (Å²) in [6.45, 7) is 0.237. The molecule has 27 heavy (non-hydrogen) atoms. The lowest BCUT2D eigenvalue weighted by Gasteiger charge is -2.17. The van der Waals surface area contributed by atoms with Crippen LogP contribution >= 0.6 is 23.2 Å². The average molecular weight is 408 g/mol. The van der Waals surface area contributed by atoms with Crippen LogP contribution in [-0.2, 0) is 6.54 Å². The number of nitro benzene ring substituents is 1. The fourth-order valence-corrected chi connectivity index (χ4v) is 3.50. The molecule has 1 saturated carbocycles. The lowest BCUT2D eigenvalue weighted by Crippen LogP contribution is -2.25. The third kappa shape index (κ3) is 4.90. The second-order valence-electron chi connectivity index (χ2n) is 6.54. The molecule has 0 radical (unpaired) electrons. The van der Waals surface area contributed by atoms with Crippen molar-refractivity contribution in [1.29, 1.82) is 0 Å². The smallest absolute Gasteiger partial charge is 0.270 e. The number of nitrogens with one attached hydrogen (secondary N) is 2. The largest absolute Gasteiger partial charge is 0.382 e. The van der Waals surface area contributed by atoms with Crippen LogP contribution in [0.2, 0.25) is 10.0 Å². The first-order valence-corrected chi connectivity index (χ1v) is 9.47. The molecule has 142 valence electrons. The third-order valence-electron chi connectivity index (χ3n) is 4.61. The van der Waals surface area contributed by atoms with Crippen LogP contribution in [0, 0.1) is 10.1 Å². The van der Waals surface area contributed by atoms with Gasteiger partial charge < -0.3 is 10.6 Å². The number of amides is 1. The number of hydrogen-bond acceptors (Lipinski definition) is 4. The predicted molar refractivity (Wildman–Crippen MR) is 107 cm³/mol. The molecule has 2 aromatic carbocycles. The minimum atomic E-state index is -0.505. The van der Waals surface area contributed by atoms with Crippen LogP contribution in [0.25, 0.3) is 0 Å². The Morgan fingerprint density at radius 1 is 1.11 bits per heavy atom. The number of carbonyl (C=O) groups excluding carboxylic acids is 1. The van der Waals surface area contributed by atoms with Gasteiger partial charge in [0.15, 0.2) is 0 Å². The fourth-order valence-electron chi connectivity index (χ4n) is 3.18. The second kappa shape index (κ2) is 8.59. The maximum Gasteiger partial charge on any atom is 0.270 e. The van der Waals surface area contributed by atoms with Crippen molar-refractivity contribution in [3.05, 3.63) is 67.7 Å². The van der Waals surface area contributed by atoms with Crippen LogP contribution in [-0.4, -0.2) is 16.9 Å². The molecule has 1 fully saturated rings. The van der Waals surface area contributed by atoms with Gasteiger partial charge in [-0.05, 0) is 36.6 Å². The van der Waals surface area contributed by atoms with Crippen molar-refractivity contribution >= 4 is 40.5 Å². The van der Waals surface area contributed by atoms with Gasteiger partial charge in [-0.1, -0.05) is 42.1 Å². The molecule has 0 spiro atoms. The highest BCUT2D eigenvalue weighted by Gasteiger charge is 2.21. The lowest BCUT2D eigenvalue weighted by molar-refractivity contribution is -0.384. The van der Waals surface area contributed by atoms with Gasteiger partial charge in [0.05, 0.1) is 20.5 Å². The van der Waals surface area contributed by atoms with E-state index in [1.165, 1.54) is 12.1 Å². The molecule has 0 saturated heterocycles. The Morgan fingerprint density at radius 3 is 2.52 bits per heavy atom. The molecule has 0 atom stereocenters. The highest BCUT2D eigenvalue weighted by atomic mass is 35.5. The summed E-state index contributed by atoms with van der Waals surface area (Å²) in [7, 11) is 0. The third-order valence-corrected chi connectivity index (χ3v) is 5.35. The zero-order valence-electron chi connectivity index (χ0n) is 14.5. The van der Waals surface area contributed by atoms with E-state index in [1.54, 1.807) is 24.3 Å². The van der Waals surface area contributed by atoms with E-state index in [9.17, 15) is 14.9 Å². The van der Waals surface area contributed by atoms with E-state index in [-0.39, 0.29) is 29.7 Å². The van der Waals surface area contributed by atoms with E-state index in [0.717, 1.165) is 31.2 Å². The van der Waals surface area contributed by atoms with E-state index in [4.69, 9.17) is 23.2 Å². The molecule has 1 aliphatic carbocycles. The Bertz CT molecular complexity index is 867. The van der Waals surface area contributed by atoms with Gasteiger partial charge in [-0.3, -0.25) is 14.9 Å². The molecule has 1 aliphatic rings. The van der Waals surface area contributed by atoms with Gasteiger partial charge in [-0.15, -0.1) is 0 Å². The number of nitrogens with zero attached hydrogens (tertiary/aromatic N) is 1. The zero-order chi connectivity index (χ0) is 19.4. The molecule has 3 rings (SSSR count). The van der Waals surface area contributed by atoms with Gasteiger partial charge in [-0.25, -0.2) is 0 Å². The zero-order valence-corrected chi connectivity index (χ0v) is 16.0. The van der Waals surface area contributed by atoms with Gasteiger partial charge in [-0.2, -0.15) is 0 Å². The summed E-state index contributed by atoms with van der Waals surface area (Å²) in [5, 5.41) is 18.1. The molecule has 1 amide bonds. The number of rotatable bonds is 6. The number of halogens is 2. The summed E-state index contributed by atoms with van der Waals surface area (Å²) in [5.41, 5.74) is 1.54. The highest BCUT2D eigenvalue weighted by molar-refractivity contribution is 6.42. The first-order valence-electron chi connectivity index (χ1n) is 8.71. The molecule has 0 aromatic heterocycles. The number of carbonyl (C=O) groups is 1. The van der Waals surface area contributed by atoms with Gasteiger partial charge in [0.1, 0.15) is 0 Å². The van der Waals surface area contributed by atoms with Crippen molar-refractivity contribution < 1.29 is 9.72 Å². The van der Waals surface area contributed by atoms with Crippen LogP contribution in [0.4, 0.5) is 11.4 Å². The van der Waals surface area contributed by atoms with Gasteiger partial charge >= 0.3 is 0 Å². The second-order valence-corrected chi connectivity index (χ2v) is 7.36. The summed E-state index contributed by atoms with van der Waals surface area (Å²) in [4.78, 5) is 23.3. The van der Waals surface area contributed by atoms with Crippen LogP contribution in [0.3, 0.4) is 0 Å². The van der Waals surface area contributed by atoms with Crippen molar-refractivity contribution in [2.75, 3.05) is 5.32 Å². The first-order chi connectivity index (χ1) is 12.9. The molecular formula is C19H19Cl2N3O3. The number of benzene rings is 2. The van der Waals surface area contributed by atoms with Crippen molar-refractivity contribution in [2.24, 2.45) is 0 Å². The van der Waals surface area contributed by atoms with Crippen molar-refractivity contribution in [3.8, 4) is 0 Å². The summed E-state index contributed by atoms with van der Waals surface area (Å²) >= 11 is 11.9. The molecule has 8 heteroatoms. The minimum absolute atomic E-state index is 0.119. The SMILES string of the molecule is O=C(NCc1ccc(Cl)c(Cl)c1)c1cc([N+](=O)[O-])ccc1NC1CCCC1. The molecule has 0 heterocycles. The maximum atomic E-state index is 12.7. The molecule has 0 aliphatic heterocycles. The van der Waals surface area contributed by atoms with Crippen molar-refractivity contribution in [3.63, 3.8) is 0 Å². The normalized spacial score (nSPS) is 14.1. The molecule has 2 N–H and O–H groups in total. The first kappa shape index (κ1) is 19.5. The molecule has 0 unspecified atom stereocenters. The van der Waals surface area contributed by atoms with E-state index >= 15 is 0 Å². The maximum absolute atomic E-state index is 12.7. The lowest BCUT2D eigenvalue weighted by atomic mass is 10.1. The average Bonchev–Trinajstić information content (AvgIpc) is 3.15. The summed E-state index contributed by atoms with van der Waals surface area (Å²) < 4.78 is 0. The Labute approximate surface area is 167 Å². The monoisotopic (exact) mass is 407 g/mol. The highest BCUT2D eigenvalue weighted by Crippen LogP contribution is 2.27. The Balaban J connectivity index is 1.78. The van der Waals surface area contributed by atoms with Gasteiger partial charge in [0.25, 0.3) is 11.6 Å². The minimum Gasteiger partial charge on any atom is -0.382 e. The fraction of sp³-hybridized carbons (Fsp3) is 0.316. The Kier molecular flexibility index (Phi) is 6.19. The van der Waals surface area contributed by atoms with Gasteiger partial charge in [0.2, 0.25) is 0 Å². The standard InChI is InChI=1S/C19H19Cl2N3O3/c20-16-7-5-12(9-17(16)21)11-22-19(25)15-10-14(24(26)27)6-8-18(15)23-13-3-1-2-4-13/h5-10,13,23H,1-4,11H2,(H,22,25). The van der Waals surface area contributed by atoms with Crippen LogP contribution in [0.1, 0.15) is 41.6 Å². The number of anilines is 1.